The summed E-state index contributed by atoms with van der Waals surface area (Å²) in [5, 5.41) is 13.3. The van der Waals surface area contributed by atoms with Crippen LogP contribution in [-0.4, -0.2) is 41.7 Å². The van der Waals surface area contributed by atoms with E-state index in [1.54, 1.807) is 0 Å². The molecule has 6 nitrogen and oxygen atoms in total. The molecular weight excluding hydrogens is 308 g/mol. The highest BCUT2D eigenvalue weighted by molar-refractivity contribution is 5.99. The van der Waals surface area contributed by atoms with E-state index in [1.165, 1.54) is 5.56 Å². The Kier molecular flexibility index (Phi) is 4.32. The molecule has 128 valence electrons. The van der Waals surface area contributed by atoms with Gasteiger partial charge in [0, 0.05) is 30.7 Å². The molecule has 2 heterocycles. The number of carboxylic acids is 1. The number of aryl methyl sites for hydroxylation is 2. The minimum absolute atomic E-state index is 0.109. The molecule has 0 bridgehead atoms. The maximum atomic E-state index is 12.5. The lowest BCUT2D eigenvalue weighted by atomic mass is 9.80. The quantitative estimate of drug-likeness (QED) is 0.803. The predicted molar refractivity (Wildman–Crippen MR) is 90.2 cm³/mol. The van der Waals surface area contributed by atoms with Gasteiger partial charge < -0.3 is 20.1 Å². The second kappa shape index (κ2) is 6.28. The van der Waals surface area contributed by atoms with Crippen LogP contribution in [0.5, 0.6) is 0 Å². The highest BCUT2D eigenvalue weighted by Crippen LogP contribution is 2.30. The summed E-state index contributed by atoms with van der Waals surface area (Å²) in [6.07, 6.45) is 0.821. The molecule has 2 aromatic rings. The van der Waals surface area contributed by atoms with Crippen LogP contribution in [0, 0.1) is 19.3 Å². The molecule has 1 saturated heterocycles. The predicted octanol–water partition coefficient (Wildman–Crippen LogP) is 2.40. The van der Waals surface area contributed by atoms with E-state index in [0.29, 0.717) is 31.7 Å². The molecule has 3 rings (SSSR count). The fraction of sp³-hybridized carbons (Fsp3) is 0.444. The number of carboxylic acid groups (broad SMARTS) is 1. The number of hydrogen-bond donors (Lipinski definition) is 3. The van der Waals surface area contributed by atoms with Crippen LogP contribution >= 0.6 is 0 Å². The van der Waals surface area contributed by atoms with Gasteiger partial charge in [0.1, 0.15) is 5.69 Å². The lowest BCUT2D eigenvalue weighted by molar-refractivity contribution is -0.154. The second-order valence-electron chi connectivity index (χ2n) is 6.53. The molecule has 1 aliphatic rings. The van der Waals surface area contributed by atoms with Crippen LogP contribution in [0.1, 0.15) is 34.5 Å². The Morgan fingerprint density at radius 2 is 2.00 bits per heavy atom. The van der Waals surface area contributed by atoms with Crippen molar-refractivity contribution in [3.05, 3.63) is 35.0 Å². The standard InChI is InChI=1S/C18H22N2O4/c1-11-3-4-14-13(12(11)2)9-15(20-14)16(21)19-10-18(17(22)23)5-7-24-8-6-18/h3-4,9,20H,5-8,10H2,1-2H3,(H,19,21)(H,22,23). The van der Waals surface area contributed by atoms with Gasteiger partial charge in [0.05, 0.1) is 5.41 Å². The van der Waals surface area contributed by atoms with E-state index in [9.17, 15) is 14.7 Å². The van der Waals surface area contributed by atoms with Gasteiger partial charge in [0.15, 0.2) is 0 Å². The number of hydrogen-bond acceptors (Lipinski definition) is 3. The average molecular weight is 330 g/mol. The van der Waals surface area contributed by atoms with Gasteiger partial charge in [-0.3, -0.25) is 9.59 Å². The van der Waals surface area contributed by atoms with Crippen molar-refractivity contribution in [2.24, 2.45) is 5.41 Å². The number of ether oxygens (including phenoxy) is 1. The maximum Gasteiger partial charge on any atom is 0.311 e. The van der Waals surface area contributed by atoms with E-state index in [-0.39, 0.29) is 12.5 Å². The van der Waals surface area contributed by atoms with Crippen molar-refractivity contribution >= 4 is 22.8 Å². The summed E-state index contributed by atoms with van der Waals surface area (Å²) < 4.78 is 5.25. The smallest absolute Gasteiger partial charge is 0.311 e. The first-order chi connectivity index (χ1) is 11.4. The average Bonchev–Trinajstić information content (AvgIpc) is 3.02. The van der Waals surface area contributed by atoms with E-state index in [2.05, 4.69) is 10.3 Å². The Morgan fingerprint density at radius 1 is 1.29 bits per heavy atom. The Labute approximate surface area is 140 Å². The molecule has 24 heavy (non-hydrogen) atoms. The van der Waals surface area contributed by atoms with Crippen molar-refractivity contribution in [3.8, 4) is 0 Å². The number of carbonyl (C=O) groups excluding carboxylic acids is 1. The lowest BCUT2D eigenvalue weighted by Gasteiger charge is -2.33. The van der Waals surface area contributed by atoms with Crippen LogP contribution in [0.15, 0.2) is 18.2 Å². The molecule has 6 heteroatoms. The number of aromatic amines is 1. The van der Waals surface area contributed by atoms with Gasteiger partial charge in [-0.1, -0.05) is 6.07 Å². The zero-order valence-corrected chi connectivity index (χ0v) is 13.9. The second-order valence-corrected chi connectivity index (χ2v) is 6.53. The van der Waals surface area contributed by atoms with Crippen LogP contribution in [0.25, 0.3) is 10.9 Å². The monoisotopic (exact) mass is 330 g/mol. The van der Waals surface area contributed by atoms with E-state index in [1.807, 2.05) is 32.0 Å². The summed E-state index contributed by atoms with van der Waals surface area (Å²) >= 11 is 0. The van der Waals surface area contributed by atoms with Gasteiger partial charge >= 0.3 is 5.97 Å². The van der Waals surface area contributed by atoms with Crippen LogP contribution in [0.4, 0.5) is 0 Å². The number of H-pyrrole nitrogens is 1. The first-order valence-electron chi connectivity index (χ1n) is 8.11. The Bertz CT molecular complexity index is 788. The molecule has 0 unspecified atom stereocenters. The number of benzene rings is 1. The van der Waals surface area contributed by atoms with Crippen molar-refractivity contribution in [2.75, 3.05) is 19.8 Å². The molecule has 0 saturated carbocycles. The van der Waals surface area contributed by atoms with Crippen molar-refractivity contribution < 1.29 is 19.4 Å². The third kappa shape index (κ3) is 2.89. The summed E-state index contributed by atoms with van der Waals surface area (Å²) in [5.41, 5.74) is 2.72. The summed E-state index contributed by atoms with van der Waals surface area (Å²) in [7, 11) is 0. The molecule has 0 aliphatic carbocycles. The van der Waals surface area contributed by atoms with Crippen LogP contribution < -0.4 is 5.32 Å². The third-order valence-electron chi connectivity index (χ3n) is 5.08. The number of amides is 1. The van der Waals surface area contributed by atoms with E-state index in [0.717, 1.165) is 16.5 Å². The minimum Gasteiger partial charge on any atom is -0.481 e. The van der Waals surface area contributed by atoms with Gasteiger partial charge in [0.25, 0.3) is 5.91 Å². The molecule has 1 aliphatic heterocycles. The Balaban J connectivity index is 1.77. The van der Waals surface area contributed by atoms with Crippen LogP contribution in [-0.2, 0) is 9.53 Å². The fourth-order valence-corrected chi connectivity index (χ4v) is 3.15. The van der Waals surface area contributed by atoms with Crippen LogP contribution in [0.2, 0.25) is 0 Å². The molecule has 1 aromatic heterocycles. The Morgan fingerprint density at radius 3 is 2.67 bits per heavy atom. The first kappa shape index (κ1) is 16.5. The number of fused-ring (bicyclic) bond motifs is 1. The van der Waals surface area contributed by atoms with Crippen molar-refractivity contribution in [3.63, 3.8) is 0 Å². The molecule has 1 aromatic carbocycles. The van der Waals surface area contributed by atoms with E-state index in [4.69, 9.17) is 4.74 Å². The third-order valence-corrected chi connectivity index (χ3v) is 5.08. The van der Waals surface area contributed by atoms with Crippen molar-refractivity contribution in [1.82, 2.24) is 10.3 Å². The maximum absolute atomic E-state index is 12.5. The first-order valence-corrected chi connectivity index (χ1v) is 8.11. The van der Waals surface area contributed by atoms with Gasteiger partial charge in [-0.2, -0.15) is 0 Å². The van der Waals surface area contributed by atoms with E-state index >= 15 is 0 Å². The molecule has 1 fully saturated rings. The number of rotatable bonds is 4. The highest BCUT2D eigenvalue weighted by Gasteiger charge is 2.40. The fourth-order valence-electron chi connectivity index (χ4n) is 3.15. The van der Waals surface area contributed by atoms with Gasteiger partial charge in [-0.25, -0.2) is 0 Å². The topological polar surface area (TPSA) is 91.4 Å². The molecule has 1 amide bonds. The molecule has 0 spiro atoms. The summed E-state index contributed by atoms with van der Waals surface area (Å²) in [5.74, 6) is -1.16. The van der Waals surface area contributed by atoms with Crippen molar-refractivity contribution in [1.29, 1.82) is 0 Å². The number of carbonyl (C=O) groups is 2. The highest BCUT2D eigenvalue weighted by atomic mass is 16.5. The zero-order valence-electron chi connectivity index (χ0n) is 13.9. The number of aromatic nitrogens is 1. The number of aliphatic carboxylic acids is 1. The minimum atomic E-state index is -0.938. The Hall–Kier alpha value is -2.34. The van der Waals surface area contributed by atoms with Crippen molar-refractivity contribution in [2.45, 2.75) is 26.7 Å². The SMILES string of the molecule is Cc1ccc2[nH]c(C(=O)NCC3(C(=O)O)CCOCC3)cc2c1C. The van der Waals surface area contributed by atoms with Gasteiger partial charge in [0.2, 0.25) is 0 Å². The summed E-state index contributed by atoms with van der Waals surface area (Å²) in [6.45, 7) is 4.98. The largest absolute Gasteiger partial charge is 0.481 e. The molecule has 0 radical (unpaired) electrons. The van der Waals surface area contributed by atoms with Gasteiger partial charge in [-0.05, 0) is 49.9 Å². The molecular formula is C18H22N2O4. The van der Waals surface area contributed by atoms with Gasteiger partial charge in [-0.15, -0.1) is 0 Å². The molecule has 3 N–H and O–H groups in total. The normalized spacial score (nSPS) is 16.9. The zero-order chi connectivity index (χ0) is 17.3. The number of nitrogens with one attached hydrogen (secondary N) is 2. The molecule has 0 atom stereocenters. The van der Waals surface area contributed by atoms with E-state index < -0.39 is 11.4 Å². The lowest BCUT2D eigenvalue weighted by Crippen LogP contribution is -2.46. The summed E-state index contributed by atoms with van der Waals surface area (Å²) in [6, 6.07) is 5.79. The van der Waals surface area contributed by atoms with Crippen LogP contribution in [0.3, 0.4) is 0 Å². The summed E-state index contributed by atoms with van der Waals surface area (Å²) in [4.78, 5) is 27.2.